The van der Waals surface area contributed by atoms with Gasteiger partial charge in [-0.2, -0.15) is 13.2 Å². The molecule has 2 atom stereocenters. The first-order valence-electron chi connectivity index (χ1n) is 11.0. The molecule has 1 saturated heterocycles. The molecule has 0 spiro atoms. The lowest BCUT2D eigenvalue weighted by Gasteiger charge is -2.20. The average Bonchev–Trinajstić information content (AvgIpc) is 3.19. The van der Waals surface area contributed by atoms with Gasteiger partial charge in [0.25, 0.3) is 0 Å². The molecule has 0 aliphatic carbocycles. The minimum absolute atomic E-state index is 0.188. The number of urea groups is 1. The Labute approximate surface area is 203 Å². The number of carbonyl (C=O) groups is 4. The number of carboxylic acid groups (broad SMARTS) is 1. The van der Waals surface area contributed by atoms with Crippen LogP contribution in [0.1, 0.15) is 30.9 Å². The molecular formula is C23H24F3N5O5. The predicted molar refractivity (Wildman–Crippen MR) is 122 cm³/mol. The van der Waals surface area contributed by atoms with Gasteiger partial charge in [-0.15, -0.1) is 0 Å². The summed E-state index contributed by atoms with van der Waals surface area (Å²) in [6.45, 7) is -0.382. The number of nitrogens with zero attached hydrogens (tertiary/aromatic N) is 2. The molecule has 1 aliphatic heterocycles. The molecule has 1 aliphatic rings. The van der Waals surface area contributed by atoms with Crippen molar-refractivity contribution >= 4 is 35.2 Å². The fourth-order valence-electron chi connectivity index (χ4n) is 3.71. The van der Waals surface area contributed by atoms with Gasteiger partial charge >= 0.3 is 18.2 Å². The molecule has 0 saturated carbocycles. The van der Waals surface area contributed by atoms with Gasteiger partial charge < -0.3 is 26.0 Å². The lowest BCUT2D eigenvalue weighted by Crippen LogP contribution is -2.39. The molecule has 4 N–H and O–H groups in total. The van der Waals surface area contributed by atoms with Gasteiger partial charge in [0, 0.05) is 36.9 Å². The number of hydrogen-bond acceptors (Lipinski definition) is 5. The second-order valence-electron chi connectivity index (χ2n) is 8.07. The van der Waals surface area contributed by atoms with Crippen molar-refractivity contribution in [2.75, 3.05) is 23.3 Å². The summed E-state index contributed by atoms with van der Waals surface area (Å²) in [6.07, 6.45) is -2.81. The summed E-state index contributed by atoms with van der Waals surface area (Å²) in [6, 6.07) is 7.64. The number of rotatable bonds is 9. The maximum absolute atomic E-state index is 13.0. The van der Waals surface area contributed by atoms with E-state index in [2.05, 4.69) is 20.9 Å². The number of amides is 4. The first kappa shape index (κ1) is 26.4. The number of alkyl halides is 3. The van der Waals surface area contributed by atoms with Crippen LogP contribution in [-0.2, 0) is 14.4 Å². The van der Waals surface area contributed by atoms with Gasteiger partial charge in [0.2, 0.25) is 11.8 Å². The van der Waals surface area contributed by atoms with Crippen LogP contribution >= 0.6 is 0 Å². The summed E-state index contributed by atoms with van der Waals surface area (Å²) in [4.78, 5) is 54.3. The number of aromatic nitrogens is 1. The van der Waals surface area contributed by atoms with Crippen molar-refractivity contribution < 1.29 is 37.5 Å². The molecular weight excluding hydrogens is 483 g/mol. The fraction of sp³-hybridized carbons (Fsp3) is 0.348. The zero-order chi connectivity index (χ0) is 26.3. The number of carbonyl (C=O) groups excluding carboxylic acids is 3. The highest BCUT2D eigenvalue weighted by molar-refractivity contribution is 6.10. The Morgan fingerprint density at radius 1 is 1.19 bits per heavy atom. The number of pyridine rings is 1. The van der Waals surface area contributed by atoms with E-state index in [-0.39, 0.29) is 25.1 Å². The monoisotopic (exact) mass is 507 g/mol. The van der Waals surface area contributed by atoms with Crippen molar-refractivity contribution in [1.82, 2.24) is 15.6 Å². The van der Waals surface area contributed by atoms with Crippen molar-refractivity contribution in [3.8, 4) is 0 Å². The number of carboxylic acids is 1. The van der Waals surface area contributed by atoms with Crippen molar-refractivity contribution in [1.29, 1.82) is 0 Å². The van der Waals surface area contributed by atoms with Crippen molar-refractivity contribution in [2.24, 2.45) is 5.92 Å². The molecule has 1 aromatic heterocycles. The van der Waals surface area contributed by atoms with Crippen molar-refractivity contribution in [3.63, 3.8) is 0 Å². The maximum Gasteiger partial charge on any atom is 0.390 e. The summed E-state index contributed by atoms with van der Waals surface area (Å²) in [5.41, 5.74) is 1.12. The second kappa shape index (κ2) is 11.5. The van der Waals surface area contributed by atoms with Crippen LogP contribution in [0.15, 0.2) is 48.8 Å². The number of benzene rings is 1. The van der Waals surface area contributed by atoms with Crippen LogP contribution in [0.4, 0.5) is 29.3 Å². The topological polar surface area (TPSA) is 141 Å². The molecule has 2 unspecified atom stereocenters. The van der Waals surface area contributed by atoms with E-state index in [0.29, 0.717) is 11.3 Å². The van der Waals surface area contributed by atoms with Crippen LogP contribution in [0, 0.1) is 5.92 Å². The van der Waals surface area contributed by atoms with E-state index in [9.17, 15) is 37.5 Å². The van der Waals surface area contributed by atoms with Crippen LogP contribution in [0.5, 0.6) is 0 Å². The first-order valence-corrected chi connectivity index (χ1v) is 11.0. The van der Waals surface area contributed by atoms with Gasteiger partial charge in [0.1, 0.15) is 5.92 Å². The van der Waals surface area contributed by atoms with Gasteiger partial charge in [-0.05, 0) is 36.2 Å². The molecule has 13 heteroatoms. The molecule has 3 rings (SSSR count). The lowest BCUT2D eigenvalue weighted by atomic mass is 10.0. The number of anilines is 2. The Morgan fingerprint density at radius 3 is 2.64 bits per heavy atom. The Morgan fingerprint density at radius 2 is 1.97 bits per heavy atom. The third-order valence-electron chi connectivity index (χ3n) is 5.41. The summed E-state index contributed by atoms with van der Waals surface area (Å²) < 4.78 is 36.7. The molecule has 0 bridgehead atoms. The standard InChI is InChI=1S/C23H24F3N5O5/c24-23(25,26)7-9-28-22(36)29-15-4-1-5-16(11-15)31-10-6-17(21(31)35)20(34)30-18(12-19(32)33)14-3-2-8-27-13-14/h1-5,8,11,13,17-18H,6-7,9-10,12H2,(H,30,34)(H,32,33)(H2,28,29,36). The molecule has 192 valence electrons. The number of aliphatic carboxylic acids is 1. The highest BCUT2D eigenvalue weighted by atomic mass is 19.4. The summed E-state index contributed by atoms with van der Waals surface area (Å²) >= 11 is 0. The minimum Gasteiger partial charge on any atom is -0.481 e. The van der Waals surface area contributed by atoms with E-state index in [4.69, 9.17) is 0 Å². The van der Waals surface area contributed by atoms with Crippen molar-refractivity contribution in [2.45, 2.75) is 31.5 Å². The van der Waals surface area contributed by atoms with E-state index in [1.807, 2.05) is 0 Å². The number of hydrogen-bond donors (Lipinski definition) is 4. The molecule has 10 nitrogen and oxygen atoms in total. The van der Waals surface area contributed by atoms with Crippen LogP contribution in [0.3, 0.4) is 0 Å². The molecule has 36 heavy (non-hydrogen) atoms. The average molecular weight is 507 g/mol. The minimum atomic E-state index is -4.39. The molecule has 2 aromatic rings. The maximum atomic E-state index is 13.0. The van der Waals surface area contributed by atoms with Gasteiger partial charge in [0.05, 0.1) is 18.9 Å². The SMILES string of the molecule is O=C(O)CC(NC(=O)C1CCN(c2cccc(NC(=O)NCCC(F)(F)F)c2)C1=O)c1cccnc1. The zero-order valence-corrected chi connectivity index (χ0v) is 18.9. The quantitative estimate of drug-likeness (QED) is 0.385. The molecule has 4 amide bonds. The Kier molecular flexibility index (Phi) is 8.46. The molecule has 1 fully saturated rings. The van der Waals surface area contributed by atoms with E-state index in [1.54, 1.807) is 24.3 Å². The van der Waals surface area contributed by atoms with Crippen LogP contribution in [0.2, 0.25) is 0 Å². The van der Waals surface area contributed by atoms with Gasteiger partial charge in [-0.1, -0.05) is 12.1 Å². The van der Waals surface area contributed by atoms with E-state index < -0.39 is 54.9 Å². The fourth-order valence-corrected chi connectivity index (χ4v) is 3.71. The first-order chi connectivity index (χ1) is 17.0. The largest absolute Gasteiger partial charge is 0.481 e. The van der Waals surface area contributed by atoms with Gasteiger partial charge in [-0.3, -0.25) is 19.4 Å². The van der Waals surface area contributed by atoms with E-state index in [1.165, 1.54) is 29.4 Å². The van der Waals surface area contributed by atoms with Gasteiger partial charge in [-0.25, -0.2) is 4.79 Å². The van der Waals surface area contributed by atoms with E-state index in [0.717, 1.165) is 0 Å². The third kappa shape index (κ3) is 7.42. The number of nitrogens with one attached hydrogen (secondary N) is 3. The lowest BCUT2D eigenvalue weighted by molar-refractivity contribution is -0.138. The Balaban J connectivity index is 1.62. The summed E-state index contributed by atoms with van der Waals surface area (Å²) in [5, 5.41) is 16.3. The highest BCUT2D eigenvalue weighted by Gasteiger charge is 2.38. The Bertz CT molecular complexity index is 1110. The van der Waals surface area contributed by atoms with Gasteiger partial charge in [0.15, 0.2) is 0 Å². The van der Waals surface area contributed by atoms with Crippen molar-refractivity contribution in [3.05, 3.63) is 54.4 Å². The summed E-state index contributed by atoms with van der Waals surface area (Å²) in [5.74, 6) is -3.29. The Hall–Kier alpha value is -4.16. The van der Waals surface area contributed by atoms with Crippen LogP contribution < -0.4 is 20.9 Å². The smallest absolute Gasteiger partial charge is 0.390 e. The third-order valence-corrected chi connectivity index (χ3v) is 5.41. The molecule has 2 heterocycles. The molecule has 1 aromatic carbocycles. The zero-order valence-electron chi connectivity index (χ0n) is 18.9. The highest BCUT2D eigenvalue weighted by Crippen LogP contribution is 2.28. The predicted octanol–water partition coefficient (Wildman–Crippen LogP) is 2.84. The van der Waals surface area contributed by atoms with Crippen LogP contribution in [-0.4, -0.2) is 53.2 Å². The molecule has 0 radical (unpaired) electrons. The van der Waals surface area contributed by atoms with E-state index >= 15 is 0 Å². The summed E-state index contributed by atoms with van der Waals surface area (Å²) in [7, 11) is 0. The number of halogens is 3. The van der Waals surface area contributed by atoms with Crippen LogP contribution in [0.25, 0.3) is 0 Å². The second-order valence-corrected chi connectivity index (χ2v) is 8.07. The normalized spacial score (nSPS) is 16.4.